The lowest BCUT2D eigenvalue weighted by atomic mass is 10.0. The number of fused-ring (bicyclic) bond motifs is 2. The number of aryl methyl sites for hydroxylation is 1. The summed E-state index contributed by atoms with van der Waals surface area (Å²) in [5, 5.41) is 8.65. The van der Waals surface area contributed by atoms with Crippen molar-refractivity contribution in [1.82, 2.24) is 14.8 Å². The number of nitrogens with one attached hydrogen (secondary N) is 1. The summed E-state index contributed by atoms with van der Waals surface area (Å²) in [5.41, 5.74) is 5.19. The third-order valence-corrected chi connectivity index (χ3v) is 7.47. The molecule has 0 spiro atoms. The molecule has 3 heterocycles. The quantitative estimate of drug-likeness (QED) is 0.508. The number of carbonyl (C=O) groups is 1. The van der Waals surface area contributed by atoms with Crippen molar-refractivity contribution in [1.29, 1.82) is 0 Å². The van der Waals surface area contributed by atoms with E-state index in [0.717, 1.165) is 43.7 Å². The molecule has 1 N–H and O–H groups in total. The second-order valence-electron chi connectivity index (χ2n) is 7.45. The van der Waals surface area contributed by atoms with Crippen LogP contribution in [0.4, 0.5) is 11.5 Å². The first kappa shape index (κ1) is 19.1. The van der Waals surface area contributed by atoms with Crippen LogP contribution in [0.25, 0.3) is 15.3 Å². The van der Waals surface area contributed by atoms with Gasteiger partial charge in [0.2, 0.25) is 11.0 Å². The maximum atomic E-state index is 12.5. The average molecular weight is 436 g/mol. The first-order valence-corrected chi connectivity index (χ1v) is 11.5. The van der Waals surface area contributed by atoms with Crippen LogP contribution in [0, 0.1) is 6.92 Å². The van der Waals surface area contributed by atoms with E-state index in [-0.39, 0.29) is 11.2 Å². The highest BCUT2D eigenvalue weighted by molar-refractivity contribution is 8.00. The van der Waals surface area contributed by atoms with Gasteiger partial charge in [0.25, 0.3) is 0 Å². The monoisotopic (exact) mass is 435 g/mol. The third-order valence-electron chi connectivity index (χ3n) is 5.18. The normalized spacial score (nSPS) is 16.2. The number of aromatic nitrogens is 3. The zero-order valence-electron chi connectivity index (χ0n) is 16.9. The molecule has 1 amide bonds. The summed E-state index contributed by atoms with van der Waals surface area (Å²) in [6, 6.07) is 16.5. The zero-order chi connectivity index (χ0) is 20.8. The number of anilines is 2. The van der Waals surface area contributed by atoms with Gasteiger partial charge < -0.3 is 10.2 Å². The van der Waals surface area contributed by atoms with Crippen LogP contribution in [0.5, 0.6) is 0 Å². The maximum absolute atomic E-state index is 12.5. The van der Waals surface area contributed by atoms with Gasteiger partial charge in [0.05, 0.1) is 26.9 Å². The van der Waals surface area contributed by atoms with Gasteiger partial charge in [0, 0.05) is 25.3 Å². The number of amides is 1. The Kier molecular flexibility index (Phi) is 4.75. The van der Waals surface area contributed by atoms with Crippen LogP contribution in [0.2, 0.25) is 0 Å². The summed E-state index contributed by atoms with van der Waals surface area (Å²) in [4.78, 5) is 19.4. The van der Waals surface area contributed by atoms with E-state index < -0.39 is 0 Å². The largest absolute Gasteiger partial charge is 0.378 e. The van der Waals surface area contributed by atoms with Crippen molar-refractivity contribution in [2.75, 3.05) is 30.1 Å². The Bertz CT molecular complexity index is 1210. The van der Waals surface area contributed by atoms with Crippen molar-refractivity contribution < 1.29 is 4.79 Å². The smallest absolute Gasteiger partial charge is 0.235 e. The Morgan fingerprint density at radius 2 is 1.90 bits per heavy atom. The van der Waals surface area contributed by atoms with Crippen LogP contribution >= 0.6 is 23.1 Å². The van der Waals surface area contributed by atoms with Gasteiger partial charge in [0.1, 0.15) is 5.82 Å². The van der Waals surface area contributed by atoms with Crippen molar-refractivity contribution in [3.63, 3.8) is 0 Å². The molecule has 30 heavy (non-hydrogen) atoms. The fourth-order valence-electron chi connectivity index (χ4n) is 3.68. The Hall–Kier alpha value is -2.84. The number of carbonyl (C=O) groups excluding carboxylic acids is 1. The molecule has 2 aromatic carbocycles. The molecule has 6 nitrogen and oxygen atoms in total. The Morgan fingerprint density at radius 1 is 1.13 bits per heavy atom. The topological polar surface area (TPSA) is 63.1 Å². The highest BCUT2D eigenvalue weighted by atomic mass is 32.2. The van der Waals surface area contributed by atoms with E-state index in [1.54, 1.807) is 27.8 Å². The molecule has 0 fully saturated rings. The van der Waals surface area contributed by atoms with Gasteiger partial charge in [0.15, 0.2) is 0 Å². The molecule has 5 rings (SSSR count). The lowest BCUT2D eigenvalue weighted by Gasteiger charge is -2.17. The Balaban J connectivity index is 1.64. The number of para-hydroxylation sites is 1. The lowest BCUT2D eigenvalue weighted by molar-refractivity contribution is -0.113. The molecule has 0 saturated heterocycles. The Labute approximate surface area is 182 Å². The van der Waals surface area contributed by atoms with Gasteiger partial charge in [-0.3, -0.25) is 4.79 Å². The SMILES string of the molecule is Cc1nn(-c2nc3ccccc3s2)c2c1[C@@H](c1ccc(N(C)C)cc1)SCC(=O)N2. The Morgan fingerprint density at radius 3 is 2.63 bits per heavy atom. The molecule has 1 aliphatic heterocycles. The van der Waals surface area contributed by atoms with Gasteiger partial charge in [-0.05, 0) is 36.8 Å². The number of nitrogens with zero attached hydrogens (tertiary/aromatic N) is 4. The molecule has 2 aromatic heterocycles. The number of hydrogen-bond donors (Lipinski definition) is 1. The molecule has 0 aliphatic carbocycles. The van der Waals surface area contributed by atoms with Crippen molar-refractivity contribution in [3.05, 3.63) is 65.4 Å². The van der Waals surface area contributed by atoms with E-state index >= 15 is 0 Å². The molecule has 4 aromatic rings. The standard InChI is InChI=1S/C22H21N5OS2/c1-13-19-20(14-8-10-15(11-9-14)26(2)3)29-12-18(28)24-21(19)27(25-13)22-23-16-6-4-5-7-17(16)30-22/h4-11,20H,12H2,1-3H3,(H,24,28)/t20-/m1/s1. The van der Waals surface area contributed by atoms with E-state index in [9.17, 15) is 4.79 Å². The molecule has 0 unspecified atom stereocenters. The predicted octanol–water partition coefficient (Wildman–Crippen LogP) is 4.63. The second-order valence-corrected chi connectivity index (χ2v) is 9.55. The zero-order valence-corrected chi connectivity index (χ0v) is 18.5. The van der Waals surface area contributed by atoms with E-state index in [0.29, 0.717) is 5.75 Å². The van der Waals surface area contributed by atoms with Gasteiger partial charge in [-0.2, -0.15) is 9.78 Å². The fraction of sp³-hybridized carbons (Fsp3) is 0.227. The number of rotatable bonds is 3. The van der Waals surface area contributed by atoms with Gasteiger partial charge in [-0.1, -0.05) is 35.6 Å². The second kappa shape index (κ2) is 7.45. The van der Waals surface area contributed by atoms with E-state index in [2.05, 4.69) is 40.5 Å². The van der Waals surface area contributed by atoms with E-state index in [4.69, 9.17) is 10.1 Å². The van der Waals surface area contributed by atoms with Gasteiger partial charge >= 0.3 is 0 Å². The van der Waals surface area contributed by atoms with Crippen LogP contribution in [-0.4, -0.2) is 40.5 Å². The van der Waals surface area contributed by atoms with Crippen LogP contribution in [0.15, 0.2) is 48.5 Å². The average Bonchev–Trinajstić information content (AvgIpc) is 3.24. The highest BCUT2D eigenvalue weighted by Crippen LogP contribution is 2.44. The van der Waals surface area contributed by atoms with E-state index in [1.165, 1.54) is 0 Å². The van der Waals surface area contributed by atoms with Crippen molar-refractivity contribution in [3.8, 4) is 5.13 Å². The van der Waals surface area contributed by atoms with Crippen LogP contribution in [0.1, 0.15) is 22.1 Å². The molecular formula is C22H21N5OS2. The molecule has 1 atom stereocenters. The summed E-state index contributed by atoms with van der Waals surface area (Å²) in [6.45, 7) is 2.00. The number of hydrogen-bond acceptors (Lipinski definition) is 6. The van der Waals surface area contributed by atoms with Crippen LogP contribution in [0.3, 0.4) is 0 Å². The summed E-state index contributed by atoms with van der Waals surface area (Å²) >= 11 is 3.21. The molecular weight excluding hydrogens is 414 g/mol. The number of thioether (sulfide) groups is 1. The molecule has 1 aliphatic rings. The first-order valence-electron chi connectivity index (χ1n) is 9.65. The van der Waals surface area contributed by atoms with Crippen LogP contribution < -0.4 is 10.2 Å². The van der Waals surface area contributed by atoms with Crippen molar-refractivity contribution in [2.45, 2.75) is 12.2 Å². The summed E-state index contributed by atoms with van der Waals surface area (Å²) in [7, 11) is 4.06. The molecule has 0 radical (unpaired) electrons. The van der Waals surface area contributed by atoms with Gasteiger partial charge in [-0.25, -0.2) is 4.98 Å². The predicted molar refractivity (Wildman–Crippen MR) is 125 cm³/mol. The summed E-state index contributed by atoms with van der Waals surface area (Å²) < 4.78 is 2.89. The maximum Gasteiger partial charge on any atom is 0.235 e. The highest BCUT2D eigenvalue weighted by Gasteiger charge is 2.31. The number of thiazole rings is 1. The summed E-state index contributed by atoms with van der Waals surface area (Å²) in [5.74, 6) is 1.10. The van der Waals surface area contributed by atoms with Crippen molar-refractivity contribution in [2.24, 2.45) is 0 Å². The number of benzene rings is 2. The first-order chi connectivity index (χ1) is 14.5. The molecule has 152 valence electrons. The third kappa shape index (κ3) is 3.26. The van der Waals surface area contributed by atoms with Crippen molar-refractivity contribution >= 4 is 50.7 Å². The minimum Gasteiger partial charge on any atom is -0.378 e. The molecule has 8 heteroatoms. The van der Waals surface area contributed by atoms with E-state index in [1.807, 2.05) is 39.2 Å². The minimum absolute atomic E-state index is 0.0177. The fourth-order valence-corrected chi connectivity index (χ4v) is 5.80. The lowest BCUT2D eigenvalue weighted by Crippen LogP contribution is -2.15. The van der Waals surface area contributed by atoms with Gasteiger partial charge in [-0.15, -0.1) is 11.8 Å². The summed E-state index contributed by atoms with van der Waals surface area (Å²) in [6.07, 6.45) is 0. The van der Waals surface area contributed by atoms with Crippen LogP contribution in [-0.2, 0) is 4.79 Å². The minimum atomic E-state index is -0.0177. The molecule has 0 bridgehead atoms. The molecule has 0 saturated carbocycles.